The van der Waals surface area contributed by atoms with Crippen molar-refractivity contribution in [2.45, 2.75) is 13.5 Å². The van der Waals surface area contributed by atoms with E-state index in [1.54, 1.807) is 24.0 Å². The molecule has 0 N–H and O–H groups in total. The number of hydrogen-bond donors (Lipinski definition) is 0. The number of rotatable bonds is 3. The number of hydrogen-bond acceptors (Lipinski definition) is 4. The SMILES string of the molecule is Cc1csc(=O)n1CCOC(=O)N(C)C. The zero-order valence-corrected chi connectivity index (χ0v) is 9.84. The molecule has 0 bridgehead atoms. The number of aryl methyl sites for hydroxylation is 1. The molecule has 5 nitrogen and oxygen atoms in total. The molecule has 1 aromatic rings. The number of ether oxygens (including phenoxy) is 1. The Balaban J connectivity index is 2.45. The number of carbonyl (C=O) groups is 1. The van der Waals surface area contributed by atoms with Gasteiger partial charge in [0.05, 0.1) is 6.54 Å². The molecule has 0 aliphatic rings. The summed E-state index contributed by atoms with van der Waals surface area (Å²) in [6.45, 7) is 2.48. The average molecular weight is 230 g/mol. The molecule has 0 aromatic carbocycles. The first-order chi connectivity index (χ1) is 7.02. The summed E-state index contributed by atoms with van der Waals surface area (Å²) in [6.07, 6.45) is -0.393. The summed E-state index contributed by atoms with van der Waals surface area (Å²) in [5, 5.41) is 1.79. The predicted octanol–water partition coefficient (Wildman–Crippen LogP) is 0.916. The Morgan fingerprint density at radius 2 is 2.27 bits per heavy atom. The van der Waals surface area contributed by atoms with E-state index in [2.05, 4.69) is 0 Å². The smallest absolute Gasteiger partial charge is 0.409 e. The topological polar surface area (TPSA) is 51.5 Å². The molecule has 0 spiro atoms. The van der Waals surface area contributed by atoms with Crippen LogP contribution in [0.25, 0.3) is 0 Å². The van der Waals surface area contributed by atoms with Gasteiger partial charge in [0.25, 0.3) is 0 Å². The first kappa shape index (κ1) is 11.8. The van der Waals surface area contributed by atoms with Crippen molar-refractivity contribution in [2.24, 2.45) is 0 Å². The van der Waals surface area contributed by atoms with Crippen LogP contribution in [0.5, 0.6) is 0 Å². The molecule has 1 heterocycles. The first-order valence-electron chi connectivity index (χ1n) is 4.51. The van der Waals surface area contributed by atoms with E-state index < -0.39 is 6.09 Å². The second kappa shape index (κ2) is 4.97. The minimum Gasteiger partial charge on any atom is -0.448 e. The zero-order valence-electron chi connectivity index (χ0n) is 9.02. The van der Waals surface area contributed by atoms with Gasteiger partial charge in [0.1, 0.15) is 6.61 Å². The van der Waals surface area contributed by atoms with Crippen molar-refractivity contribution in [1.29, 1.82) is 0 Å². The Morgan fingerprint density at radius 3 is 2.73 bits per heavy atom. The standard InChI is InChI=1S/C9H14N2O3S/c1-7-6-15-9(13)11(7)4-5-14-8(12)10(2)3/h6H,4-5H2,1-3H3. The average Bonchev–Trinajstić information content (AvgIpc) is 2.48. The molecule has 0 atom stereocenters. The molecular formula is C9H14N2O3S. The molecule has 0 aliphatic heterocycles. The van der Waals surface area contributed by atoms with E-state index in [9.17, 15) is 9.59 Å². The minimum absolute atomic E-state index is 0.0200. The van der Waals surface area contributed by atoms with Crippen molar-refractivity contribution >= 4 is 17.4 Å². The molecular weight excluding hydrogens is 216 g/mol. The Kier molecular flexibility index (Phi) is 3.90. The maximum absolute atomic E-state index is 11.3. The molecule has 0 aliphatic carbocycles. The lowest BCUT2D eigenvalue weighted by Gasteiger charge is -2.11. The molecule has 6 heteroatoms. The van der Waals surface area contributed by atoms with Crippen LogP contribution in [0.3, 0.4) is 0 Å². The number of amides is 1. The highest BCUT2D eigenvalue weighted by molar-refractivity contribution is 7.07. The Morgan fingerprint density at radius 1 is 1.60 bits per heavy atom. The van der Waals surface area contributed by atoms with E-state index >= 15 is 0 Å². The third-order valence-electron chi connectivity index (χ3n) is 1.88. The fourth-order valence-electron chi connectivity index (χ4n) is 1.03. The van der Waals surface area contributed by atoms with Crippen LogP contribution >= 0.6 is 11.3 Å². The van der Waals surface area contributed by atoms with E-state index in [0.717, 1.165) is 17.0 Å². The summed E-state index contributed by atoms with van der Waals surface area (Å²) in [4.78, 5) is 23.7. The fourth-order valence-corrected chi connectivity index (χ4v) is 1.79. The van der Waals surface area contributed by atoms with Gasteiger partial charge in [-0.2, -0.15) is 0 Å². The molecule has 15 heavy (non-hydrogen) atoms. The van der Waals surface area contributed by atoms with Crippen LogP contribution in [0.4, 0.5) is 4.79 Å². The van der Waals surface area contributed by atoms with Gasteiger partial charge < -0.3 is 9.64 Å². The molecule has 0 radical (unpaired) electrons. The number of nitrogens with zero attached hydrogens (tertiary/aromatic N) is 2. The second-order valence-electron chi connectivity index (χ2n) is 3.30. The van der Waals surface area contributed by atoms with E-state index in [4.69, 9.17) is 4.74 Å². The normalized spacial score (nSPS) is 10.1. The lowest BCUT2D eigenvalue weighted by Crippen LogP contribution is -2.26. The highest BCUT2D eigenvalue weighted by Gasteiger charge is 2.06. The maximum Gasteiger partial charge on any atom is 0.409 e. The maximum atomic E-state index is 11.3. The van der Waals surface area contributed by atoms with Crippen LogP contribution in [0, 0.1) is 6.92 Å². The van der Waals surface area contributed by atoms with Crippen LogP contribution in [-0.4, -0.2) is 36.3 Å². The summed E-state index contributed by atoms with van der Waals surface area (Å²) in [5.74, 6) is 0. The van der Waals surface area contributed by atoms with E-state index in [1.165, 1.54) is 4.90 Å². The summed E-state index contributed by atoms with van der Waals surface area (Å²) < 4.78 is 6.51. The minimum atomic E-state index is -0.393. The van der Waals surface area contributed by atoms with Gasteiger partial charge in [0.2, 0.25) is 0 Å². The monoisotopic (exact) mass is 230 g/mol. The first-order valence-corrected chi connectivity index (χ1v) is 5.39. The summed E-state index contributed by atoms with van der Waals surface area (Å²) in [5.41, 5.74) is 0.894. The van der Waals surface area contributed by atoms with Crippen LogP contribution in [-0.2, 0) is 11.3 Å². The van der Waals surface area contributed by atoms with Crippen molar-refractivity contribution in [3.05, 3.63) is 20.7 Å². The summed E-state index contributed by atoms with van der Waals surface area (Å²) in [6, 6.07) is 0. The molecule has 0 saturated carbocycles. The molecule has 0 unspecified atom stereocenters. The Bertz CT molecular complexity index is 394. The van der Waals surface area contributed by atoms with Crippen molar-refractivity contribution in [1.82, 2.24) is 9.47 Å². The summed E-state index contributed by atoms with van der Waals surface area (Å²) >= 11 is 1.15. The third kappa shape index (κ3) is 3.09. The summed E-state index contributed by atoms with van der Waals surface area (Å²) in [7, 11) is 3.23. The van der Waals surface area contributed by atoms with Gasteiger partial charge in [-0.15, -0.1) is 0 Å². The molecule has 0 fully saturated rings. The molecule has 0 saturated heterocycles. The van der Waals surface area contributed by atoms with Gasteiger partial charge in [-0.1, -0.05) is 11.3 Å². The van der Waals surface area contributed by atoms with Gasteiger partial charge in [-0.05, 0) is 6.92 Å². The highest BCUT2D eigenvalue weighted by atomic mass is 32.1. The zero-order chi connectivity index (χ0) is 11.4. The number of thiazole rings is 1. The molecule has 1 aromatic heterocycles. The molecule has 84 valence electrons. The largest absolute Gasteiger partial charge is 0.448 e. The van der Waals surface area contributed by atoms with Crippen LogP contribution < -0.4 is 4.87 Å². The quantitative estimate of drug-likeness (QED) is 0.775. The van der Waals surface area contributed by atoms with Gasteiger partial charge in [0, 0.05) is 25.2 Å². The van der Waals surface area contributed by atoms with Crippen LogP contribution in [0.2, 0.25) is 0 Å². The van der Waals surface area contributed by atoms with Crippen molar-refractivity contribution in [3.8, 4) is 0 Å². The van der Waals surface area contributed by atoms with Gasteiger partial charge in [-0.25, -0.2) is 4.79 Å². The van der Waals surface area contributed by atoms with Crippen LogP contribution in [0.1, 0.15) is 5.69 Å². The van der Waals surface area contributed by atoms with Crippen LogP contribution in [0.15, 0.2) is 10.2 Å². The molecule has 1 amide bonds. The second-order valence-corrected chi connectivity index (χ2v) is 4.12. The van der Waals surface area contributed by atoms with E-state index in [-0.39, 0.29) is 11.5 Å². The Hall–Kier alpha value is -1.30. The van der Waals surface area contributed by atoms with Gasteiger partial charge >= 0.3 is 11.0 Å². The predicted molar refractivity (Wildman–Crippen MR) is 58.4 cm³/mol. The number of aromatic nitrogens is 1. The number of carbonyl (C=O) groups excluding carboxylic acids is 1. The van der Waals surface area contributed by atoms with Crippen molar-refractivity contribution in [2.75, 3.05) is 20.7 Å². The third-order valence-corrected chi connectivity index (χ3v) is 2.76. The fraction of sp³-hybridized carbons (Fsp3) is 0.556. The highest BCUT2D eigenvalue weighted by Crippen LogP contribution is 1.99. The van der Waals surface area contributed by atoms with Gasteiger partial charge in [-0.3, -0.25) is 9.36 Å². The van der Waals surface area contributed by atoms with E-state index in [0.29, 0.717) is 6.54 Å². The van der Waals surface area contributed by atoms with Crippen molar-refractivity contribution < 1.29 is 9.53 Å². The van der Waals surface area contributed by atoms with Crippen molar-refractivity contribution in [3.63, 3.8) is 0 Å². The lowest BCUT2D eigenvalue weighted by molar-refractivity contribution is 0.114. The van der Waals surface area contributed by atoms with Gasteiger partial charge in [0.15, 0.2) is 0 Å². The molecule has 1 rings (SSSR count). The van der Waals surface area contributed by atoms with E-state index in [1.807, 2.05) is 6.92 Å². The Labute approximate surface area is 91.9 Å². The lowest BCUT2D eigenvalue weighted by atomic mass is 10.5.